The van der Waals surface area contributed by atoms with E-state index in [0.29, 0.717) is 0 Å². The molecule has 16 heavy (non-hydrogen) atoms. The predicted octanol–water partition coefficient (Wildman–Crippen LogP) is 1.47. The van der Waals surface area contributed by atoms with Crippen LogP contribution in [0.15, 0.2) is 30.3 Å². The smallest absolute Gasteiger partial charge is 0.321 e. The zero-order chi connectivity index (χ0) is 12.0. The topological polar surface area (TPSA) is 52.6 Å². The summed E-state index contributed by atoms with van der Waals surface area (Å²) in [6, 6.07) is 7.34. The normalized spacial score (nSPS) is 10.4. The van der Waals surface area contributed by atoms with E-state index in [1.807, 2.05) is 24.3 Å². The van der Waals surface area contributed by atoms with E-state index < -0.39 is 0 Å². The maximum Gasteiger partial charge on any atom is 0.321 e. The van der Waals surface area contributed by atoms with E-state index in [9.17, 15) is 4.79 Å². The molecular formula is C12H16N2O2. The van der Waals surface area contributed by atoms with E-state index in [1.165, 1.54) is 4.90 Å². The zero-order valence-corrected chi connectivity index (χ0v) is 9.47. The highest BCUT2D eigenvalue weighted by atomic mass is 16.2. The third-order valence-electron chi connectivity index (χ3n) is 2.19. The maximum absolute atomic E-state index is 11.4. The minimum atomic E-state index is -0.164. The van der Waals surface area contributed by atoms with Gasteiger partial charge in [-0.1, -0.05) is 24.3 Å². The van der Waals surface area contributed by atoms with Crippen LogP contribution in [-0.2, 0) is 0 Å². The predicted molar refractivity (Wildman–Crippen MR) is 65.4 cm³/mol. The Morgan fingerprint density at radius 3 is 2.94 bits per heavy atom. The van der Waals surface area contributed by atoms with Crippen molar-refractivity contribution in [3.63, 3.8) is 0 Å². The molecule has 0 unspecified atom stereocenters. The molecule has 2 amide bonds. The summed E-state index contributed by atoms with van der Waals surface area (Å²) in [6.45, 7) is 0.00944. The quantitative estimate of drug-likeness (QED) is 0.810. The Kier molecular flexibility index (Phi) is 4.54. The molecule has 0 saturated heterocycles. The molecule has 0 atom stereocenters. The minimum absolute atomic E-state index is 0.00944. The summed E-state index contributed by atoms with van der Waals surface area (Å²) in [4.78, 5) is 12.9. The van der Waals surface area contributed by atoms with Gasteiger partial charge in [-0.25, -0.2) is 4.79 Å². The van der Waals surface area contributed by atoms with Crippen LogP contribution in [0.5, 0.6) is 0 Å². The standard InChI is InChI=1S/C12H16N2O2/c1-13-12(16)14(2)11-7-3-5-10(9-11)6-4-8-15/h3-7,9,15H,8H2,1-2H3,(H,13,16). The second kappa shape index (κ2) is 5.92. The van der Waals surface area contributed by atoms with Gasteiger partial charge in [-0.05, 0) is 17.7 Å². The number of aliphatic hydroxyl groups excluding tert-OH is 1. The van der Waals surface area contributed by atoms with Gasteiger partial charge in [0.2, 0.25) is 0 Å². The summed E-state index contributed by atoms with van der Waals surface area (Å²) in [5.41, 5.74) is 1.75. The lowest BCUT2D eigenvalue weighted by atomic mass is 10.2. The SMILES string of the molecule is CNC(=O)N(C)c1cccc(C=CCO)c1. The number of hydrogen-bond donors (Lipinski definition) is 2. The van der Waals surface area contributed by atoms with Gasteiger partial charge in [-0.2, -0.15) is 0 Å². The monoisotopic (exact) mass is 220 g/mol. The number of nitrogens with zero attached hydrogens (tertiary/aromatic N) is 1. The number of hydrogen-bond acceptors (Lipinski definition) is 2. The van der Waals surface area contributed by atoms with Crippen molar-refractivity contribution in [1.82, 2.24) is 5.32 Å². The molecule has 0 spiro atoms. The second-order valence-corrected chi connectivity index (χ2v) is 3.29. The summed E-state index contributed by atoms with van der Waals surface area (Å²) >= 11 is 0. The van der Waals surface area contributed by atoms with Crippen LogP contribution in [0.2, 0.25) is 0 Å². The zero-order valence-electron chi connectivity index (χ0n) is 9.47. The fourth-order valence-corrected chi connectivity index (χ4v) is 1.31. The van der Waals surface area contributed by atoms with Gasteiger partial charge in [-0.3, -0.25) is 4.90 Å². The van der Waals surface area contributed by atoms with Crippen LogP contribution in [0, 0.1) is 0 Å². The van der Waals surface area contributed by atoms with Gasteiger partial charge >= 0.3 is 6.03 Å². The number of carbonyl (C=O) groups is 1. The van der Waals surface area contributed by atoms with Crippen molar-refractivity contribution in [2.45, 2.75) is 0 Å². The highest BCUT2D eigenvalue weighted by molar-refractivity contribution is 5.91. The Balaban J connectivity index is 2.89. The van der Waals surface area contributed by atoms with E-state index in [2.05, 4.69) is 5.32 Å². The molecule has 0 radical (unpaired) electrons. The van der Waals surface area contributed by atoms with Gasteiger partial charge in [0.05, 0.1) is 6.61 Å². The number of urea groups is 1. The molecule has 0 aliphatic heterocycles. The summed E-state index contributed by atoms with van der Waals surface area (Å²) in [7, 11) is 3.29. The largest absolute Gasteiger partial charge is 0.392 e. The summed E-state index contributed by atoms with van der Waals surface area (Å²) in [6.07, 6.45) is 3.46. The number of nitrogens with one attached hydrogen (secondary N) is 1. The van der Waals surface area contributed by atoms with Crippen LogP contribution in [0.4, 0.5) is 10.5 Å². The number of rotatable bonds is 3. The molecular weight excluding hydrogens is 204 g/mol. The molecule has 1 aromatic rings. The fourth-order valence-electron chi connectivity index (χ4n) is 1.31. The third-order valence-corrected chi connectivity index (χ3v) is 2.19. The lowest BCUT2D eigenvalue weighted by molar-refractivity contribution is 0.249. The van der Waals surface area contributed by atoms with Gasteiger partial charge in [0.1, 0.15) is 0 Å². The molecule has 0 saturated carbocycles. The fraction of sp³-hybridized carbons (Fsp3) is 0.250. The lowest BCUT2D eigenvalue weighted by Gasteiger charge is -2.16. The Hall–Kier alpha value is -1.81. The molecule has 2 N–H and O–H groups in total. The summed E-state index contributed by atoms with van der Waals surface area (Å²) < 4.78 is 0. The first-order chi connectivity index (χ1) is 7.69. The Morgan fingerprint density at radius 2 is 2.31 bits per heavy atom. The van der Waals surface area contributed by atoms with Gasteiger partial charge < -0.3 is 10.4 Å². The van der Waals surface area contributed by atoms with Gasteiger partial charge in [0, 0.05) is 19.8 Å². The molecule has 0 fully saturated rings. The van der Waals surface area contributed by atoms with Crippen LogP contribution in [0.25, 0.3) is 6.08 Å². The first kappa shape index (κ1) is 12.3. The third kappa shape index (κ3) is 3.10. The molecule has 4 nitrogen and oxygen atoms in total. The number of carbonyl (C=O) groups excluding carboxylic acids is 1. The molecule has 0 aliphatic carbocycles. The van der Waals surface area contributed by atoms with Crippen molar-refractivity contribution < 1.29 is 9.90 Å². The van der Waals surface area contributed by atoms with Crippen molar-refractivity contribution in [2.75, 3.05) is 25.6 Å². The van der Waals surface area contributed by atoms with Crippen molar-refractivity contribution in [2.24, 2.45) is 0 Å². The van der Waals surface area contributed by atoms with Crippen LogP contribution in [0.3, 0.4) is 0 Å². The molecule has 4 heteroatoms. The van der Waals surface area contributed by atoms with Gasteiger partial charge in [0.25, 0.3) is 0 Å². The van der Waals surface area contributed by atoms with Gasteiger partial charge in [-0.15, -0.1) is 0 Å². The lowest BCUT2D eigenvalue weighted by Crippen LogP contribution is -2.34. The maximum atomic E-state index is 11.4. The van der Waals surface area contributed by atoms with Crippen molar-refractivity contribution in [3.05, 3.63) is 35.9 Å². The molecule has 0 bridgehead atoms. The van der Waals surface area contributed by atoms with Crippen molar-refractivity contribution in [1.29, 1.82) is 0 Å². The Labute approximate surface area is 95.2 Å². The Bertz CT molecular complexity index is 388. The molecule has 86 valence electrons. The van der Waals surface area contributed by atoms with E-state index in [-0.39, 0.29) is 12.6 Å². The van der Waals surface area contributed by atoms with Gasteiger partial charge in [0.15, 0.2) is 0 Å². The first-order valence-corrected chi connectivity index (χ1v) is 5.02. The molecule has 0 heterocycles. The Morgan fingerprint density at radius 1 is 1.56 bits per heavy atom. The summed E-state index contributed by atoms with van der Waals surface area (Å²) in [5.74, 6) is 0. The van der Waals surface area contributed by atoms with E-state index in [0.717, 1.165) is 11.3 Å². The number of aliphatic hydroxyl groups is 1. The van der Waals surface area contributed by atoms with Crippen molar-refractivity contribution in [3.8, 4) is 0 Å². The average Bonchev–Trinajstić information content (AvgIpc) is 2.34. The van der Waals surface area contributed by atoms with E-state index in [1.54, 1.807) is 26.2 Å². The summed E-state index contributed by atoms with van der Waals surface area (Å²) in [5, 5.41) is 11.2. The minimum Gasteiger partial charge on any atom is -0.392 e. The van der Waals surface area contributed by atoms with Crippen LogP contribution in [0.1, 0.15) is 5.56 Å². The van der Waals surface area contributed by atoms with E-state index in [4.69, 9.17) is 5.11 Å². The second-order valence-electron chi connectivity index (χ2n) is 3.29. The molecule has 1 aromatic carbocycles. The number of benzene rings is 1. The highest BCUT2D eigenvalue weighted by Crippen LogP contribution is 2.15. The van der Waals surface area contributed by atoms with Crippen LogP contribution < -0.4 is 10.2 Å². The highest BCUT2D eigenvalue weighted by Gasteiger charge is 2.07. The van der Waals surface area contributed by atoms with Crippen LogP contribution in [-0.4, -0.2) is 31.8 Å². The molecule has 0 aromatic heterocycles. The average molecular weight is 220 g/mol. The van der Waals surface area contributed by atoms with Crippen LogP contribution >= 0.6 is 0 Å². The number of anilines is 1. The molecule has 0 aliphatic rings. The number of amides is 2. The molecule has 1 rings (SSSR count). The van der Waals surface area contributed by atoms with Crippen molar-refractivity contribution >= 4 is 17.8 Å². The van der Waals surface area contributed by atoms with E-state index >= 15 is 0 Å². The first-order valence-electron chi connectivity index (χ1n) is 5.02.